The molecule has 0 spiro atoms. The Hall–Kier alpha value is -2.21. The maximum atomic E-state index is 13.2. The summed E-state index contributed by atoms with van der Waals surface area (Å²) in [6, 6.07) is 8.64. The molecule has 0 saturated heterocycles. The molecule has 5 nitrogen and oxygen atoms in total. The quantitative estimate of drug-likeness (QED) is 0.734. The van der Waals surface area contributed by atoms with Gasteiger partial charge >= 0.3 is 0 Å². The van der Waals surface area contributed by atoms with Crippen LogP contribution in [-0.4, -0.2) is 31.1 Å². The first-order valence-corrected chi connectivity index (χ1v) is 10.2. The van der Waals surface area contributed by atoms with E-state index >= 15 is 0 Å². The molecule has 26 heavy (non-hydrogen) atoms. The largest absolute Gasteiger partial charge is 0.356 e. The number of hydrogen-bond donors (Lipinski definition) is 1. The fraction of sp³-hybridized carbons (Fsp3) is 0.450. The summed E-state index contributed by atoms with van der Waals surface area (Å²) in [5.41, 5.74) is 4.32. The number of fused-ring (bicyclic) bond motifs is 3. The lowest BCUT2D eigenvalue weighted by Crippen LogP contribution is -2.43. The number of nitrogens with zero attached hydrogens (tertiary/aromatic N) is 3. The topological polar surface area (TPSA) is 61.9 Å². The highest BCUT2D eigenvalue weighted by atomic mass is 32.1. The summed E-state index contributed by atoms with van der Waals surface area (Å²) in [5.74, 6) is 0.546. The molecule has 134 valence electrons. The third-order valence-corrected chi connectivity index (χ3v) is 6.50. The Kier molecular flexibility index (Phi) is 4.00. The SMILES string of the molecule is O=C(c1cnsn1)N1CCc2c([nH]c3ccccc23)[C@@H]1C1CCCCC1. The number of H-pyrrole nitrogens is 1. The zero-order chi connectivity index (χ0) is 17.5. The number of carbonyl (C=O) groups is 1. The van der Waals surface area contributed by atoms with Crippen LogP contribution in [0.1, 0.15) is 59.9 Å². The van der Waals surface area contributed by atoms with Crippen LogP contribution in [0.2, 0.25) is 0 Å². The van der Waals surface area contributed by atoms with Gasteiger partial charge in [0.1, 0.15) is 0 Å². The van der Waals surface area contributed by atoms with Gasteiger partial charge in [0.25, 0.3) is 5.91 Å². The molecule has 0 bridgehead atoms. The summed E-state index contributed by atoms with van der Waals surface area (Å²) >= 11 is 1.10. The molecule has 3 aromatic rings. The first kappa shape index (κ1) is 16.0. The van der Waals surface area contributed by atoms with Crippen molar-refractivity contribution in [3.05, 3.63) is 47.4 Å². The van der Waals surface area contributed by atoms with Gasteiger partial charge in [-0.25, -0.2) is 0 Å². The van der Waals surface area contributed by atoms with Crippen molar-refractivity contribution in [1.29, 1.82) is 0 Å². The van der Waals surface area contributed by atoms with Gasteiger partial charge in [-0.1, -0.05) is 37.5 Å². The second-order valence-corrected chi connectivity index (χ2v) is 8.00. The minimum Gasteiger partial charge on any atom is -0.356 e. The number of benzene rings is 1. The number of amides is 1. The van der Waals surface area contributed by atoms with Gasteiger partial charge in [-0.3, -0.25) is 4.79 Å². The fourth-order valence-corrected chi connectivity index (χ4v) is 5.25. The van der Waals surface area contributed by atoms with E-state index in [0.29, 0.717) is 11.6 Å². The van der Waals surface area contributed by atoms with Gasteiger partial charge < -0.3 is 9.88 Å². The molecule has 1 atom stereocenters. The number of nitrogens with one attached hydrogen (secondary N) is 1. The van der Waals surface area contributed by atoms with E-state index in [1.54, 1.807) is 6.20 Å². The van der Waals surface area contributed by atoms with Crippen molar-refractivity contribution in [2.75, 3.05) is 6.54 Å². The first-order chi connectivity index (χ1) is 12.8. The molecule has 0 unspecified atom stereocenters. The lowest BCUT2D eigenvalue weighted by atomic mass is 9.79. The van der Waals surface area contributed by atoms with Crippen LogP contribution >= 0.6 is 11.7 Å². The van der Waals surface area contributed by atoms with Gasteiger partial charge in [-0.05, 0) is 36.8 Å². The molecular weight excluding hydrogens is 344 g/mol. The summed E-state index contributed by atoms with van der Waals surface area (Å²) in [4.78, 5) is 18.9. The maximum Gasteiger partial charge on any atom is 0.275 e. The smallest absolute Gasteiger partial charge is 0.275 e. The van der Waals surface area contributed by atoms with E-state index in [1.165, 1.54) is 54.3 Å². The maximum absolute atomic E-state index is 13.2. The van der Waals surface area contributed by atoms with Crippen LogP contribution in [0.4, 0.5) is 0 Å². The molecule has 1 fully saturated rings. The summed E-state index contributed by atoms with van der Waals surface area (Å²) in [7, 11) is 0. The number of para-hydroxylation sites is 1. The Balaban J connectivity index is 1.61. The summed E-state index contributed by atoms with van der Waals surface area (Å²) in [5, 5.41) is 1.31. The van der Waals surface area contributed by atoms with Crippen molar-refractivity contribution < 1.29 is 4.79 Å². The third kappa shape index (κ3) is 2.55. The zero-order valence-electron chi connectivity index (χ0n) is 14.6. The van der Waals surface area contributed by atoms with Crippen molar-refractivity contribution in [1.82, 2.24) is 18.6 Å². The third-order valence-electron chi connectivity index (χ3n) is 6.02. The van der Waals surface area contributed by atoms with E-state index < -0.39 is 0 Å². The Labute approximate surface area is 156 Å². The standard InChI is InChI=1S/C20H22N4OS/c25-20(17-12-21-26-23-17)24-11-10-15-14-8-4-5-9-16(14)22-18(15)19(24)13-6-2-1-3-7-13/h4-5,8-9,12-13,19,22H,1-3,6-7,10-11H2/t19-/m0/s1. The Morgan fingerprint density at radius 3 is 2.85 bits per heavy atom. The first-order valence-electron chi connectivity index (χ1n) is 9.51. The van der Waals surface area contributed by atoms with Crippen molar-refractivity contribution in [2.45, 2.75) is 44.6 Å². The average molecular weight is 366 g/mol. The number of rotatable bonds is 2. The van der Waals surface area contributed by atoms with Crippen molar-refractivity contribution in [2.24, 2.45) is 5.92 Å². The average Bonchev–Trinajstić information content (AvgIpc) is 3.35. The van der Waals surface area contributed by atoms with Gasteiger partial charge in [-0.2, -0.15) is 8.75 Å². The van der Waals surface area contributed by atoms with Crippen LogP contribution in [0.15, 0.2) is 30.5 Å². The van der Waals surface area contributed by atoms with E-state index in [2.05, 4.69) is 42.9 Å². The molecule has 1 amide bonds. The van der Waals surface area contributed by atoms with Crippen LogP contribution in [-0.2, 0) is 6.42 Å². The predicted octanol–water partition coefficient (Wildman–Crippen LogP) is 4.34. The van der Waals surface area contributed by atoms with Crippen molar-refractivity contribution in [3.63, 3.8) is 0 Å². The molecule has 1 aromatic carbocycles. The van der Waals surface area contributed by atoms with Crippen LogP contribution in [0.3, 0.4) is 0 Å². The van der Waals surface area contributed by atoms with Gasteiger partial charge in [0.2, 0.25) is 0 Å². The van der Waals surface area contributed by atoms with Gasteiger partial charge in [0.05, 0.1) is 24.0 Å². The molecule has 1 N–H and O–H groups in total. The molecule has 1 saturated carbocycles. The molecule has 1 aliphatic carbocycles. The highest BCUT2D eigenvalue weighted by molar-refractivity contribution is 6.99. The molecule has 1 aliphatic heterocycles. The molecule has 5 rings (SSSR count). The van der Waals surface area contributed by atoms with E-state index in [1.807, 2.05) is 0 Å². The van der Waals surface area contributed by atoms with Crippen LogP contribution in [0.25, 0.3) is 10.9 Å². The van der Waals surface area contributed by atoms with E-state index in [9.17, 15) is 4.79 Å². The van der Waals surface area contributed by atoms with E-state index in [0.717, 1.165) is 24.7 Å². The Morgan fingerprint density at radius 1 is 1.19 bits per heavy atom. The summed E-state index contributed by atoms with van der Waals surface area (Å²) in [6.45, 7) is 0.756. The summed E-state index contributed by atoms with van der Waals surface area (Å²) < 4.78 is 8.23. The highest BCUT2D eigenvalue weighted by Crippen LogP contribution is 2.44. The van der Waals surface area contributed by atoms with Crippen LogP contribution in [0.5, 0.6) is 0 Å². The number of aromatic amines is 1. The molecular formula is C20H22N4OS. The Morgan fingerprint density at radius 2 is 2.04 bits per heavy atom. The van der Waals surface area contributed by atoms with Crippen LogP contribution < -0.4 is 0 Å². The number of aromatic nitrogens is 3. The summed E-state index contributed by atoms with van der Waals surface area (Å²) in [6.07, 6.45) is 8.72. The van der Waals surface area contributed by atoms with Crippen LogP contribution in [0, 0.1) is 5.92 Å². The van der Waals surface area contributed by atoms with Gasteiger partial charge in [-0.15, -0.1) is 0 Å². The minimum atomic E-state index is 0.0265. The van der Waals surface area contributed by atoms with E-state index in [-0.39, 0.29) is 11.9 Å². The van der Waals surface area contributed by atoms with E-state index in [4.69, 9.17) is 0 Å². The number of carbonyl (C=O) groups excluding carboxylic acids is 1. The second-order valence-electron chi connectivity index (χ2n) is 7.45. The van der Waals surface area contributed by atoms with Crippen molar-refractivity contribution in [3.8, 4) is 0 Å². The number of hydrogen-bond acceptors (Lipinski definition) is 4. The molecule has 0 radical (unpaired) electrons. The predicted molar refractivity (Wildman–Crippen MR) is 102 cm³/mol. The second kappa shape index (κ2) is 6.50. The van der Waals surface area contributed by atoms with Crippen molar-refractivity contribution >= 4 is 28.5 Å². The van der Waals surface area contributed by atoms with Gasteiger partial charge in [0.15, 0.2) is 5.69 Å². The normalized spacial score (nSPS) is 21.1. The lowest BCUT2D eigenvalue weighted by Gasteiger charge is -2.41. The minimum absolute atomic E-state index is 0.0265. The fourth-order valence-electron chi connectivity index (χ4n) is 4.84. The molecule has 2 aliphatic rings. The monoisotopic (exact) mass is 366 g/mol. The lowest BCUT2D eigenvalue weighted by molar-refractivity contribution is 0.0529. The van der Waals surface area contributed by atoms with Gasteiger partial charge in [0, 0.05) is 23.1 Å². The molecule has 3 heterocycles. The highest BCUT2D eigenvalue weighted by Gasteiger charge is 2.39. The zero-order valence-corrected chi connectivity index (χ0v) is 15.5. The molecule has 2 aromatic heterocycles. The Bertz CT molecular complexity index is 927. The molecule has 6 heteroatoms.